The second-order valence-corrected chi connectivity index (χ2v) is 9.74. The van der Waals surface area contributed by atoms with Gasteiger partial charge in [-0.1, -0.05) is 74.5 Å². The molecule has 0 radical (unpaired) electrons. The highest BCUT2D eigenvalue weighted by atomic mass is 15.5. The lowest BCUT2D eigenvalue weighted by Gasteiger charge is -2.35. The second kappa shape index (κ2) is 6.05. The van der Waals surface area contributed by atoms with Crippen LogP contribution in [0.1, 0.15) is 58.6 Å². The maximum absolute atomic E-state index is 4.67. The van der Waals surface area contributed by atoms with Crippen molar-refractivity contribution in [3.05, 3.63) is 59.7 Å². The smallest absolute Gasteiger partial charge is 0.121 e. The van der Waals surface area contributed by atoms with Gasteiger partial charge in [0.2, 0.25) is 0 Å². The molecular formula is C24H29N3. The summed E-state index contributed by atoms with van der Waals surface area (Å²) < 4.78 is 2.10. The fourth-order valence-electron chi connectivity index (χ4n) is 4.22. The van der Waals surface area contributed by atoms with Crippen LogP contribution in [-0.4, -0.2) is 15.0 Å². The molecule has 2 aromatic carbocycles. The summed E-state index contributed by atoms with van der Waals surface area (Å²) >= 11 is 0. The Morgan fingerprint density at radius 3 is 2.15 bits per heavy atom. The molecule has 3 aromatic rings. The molecule has 140 valence electrons. The predicted molar refractivity (Wildman–Crippen MR) is 112 cm³/mol. The van der Waals surface area contributed by atoms with Crippen LogP contribution >= 0.6 is 0 Å². The fraction of sp³-hybridized carbons (Fsp3) is 0.417. The molecule has 1 heterocycles. The molecule has 1 aromatic heterocycles. The van der Waals surface area contributed by atoms with Gasteiger partial charge >= 0.3 is 0 Å². The molecule has 0 fully saturated rings. The van der Waals surface area contributed by atoms with Gasteiger partial charge in [0.15, 0.2) is 0 Å². The van der Waals surface area contributed by atoms with Gasteiger partial charge in [-0.3, -0.25) is 0 Å². The minimum absolute atomic E-state index is 0.140. The van der Waals surface area contributed by atoms with E-state index in [-0.39, 0.29) is 11.0 Å². The van der Waals surface area contributed by atoms with Crippen LogP contribution in [0.2, 0.25) is 0 Å². The van der Waals surface area contributed by atoms with Crippen LogP contribution in [0.5, 0.6) is 0 Å². The molecule has 0 bridgehead atoms. The summed E-state index contributed by atoms with van der Waals surface area (Å²) in [4.78, 5) is 0. The van der Waals surface area contributed by atoms with Crippen LogP contribution in [0.4, 0.5) is 0 Å². The number of rotatable bonds is 0. The zero-order valence-electron chi connectivity index (χ0n) is 17.2. The monoisotopic (exact) mass is 359 g/mol. The van der Waals surface area contributed by atoms with Gasteiger partial charge in [-0.2, -0.15) is 0 Å². The summed E-state index contributed by atoms with van der Waals surface area (Å²) in [5, 5.41) is 9.27. The van der Waals surface area contributed by atoms with E-state index >= 15 is 0 Å². The van der Waals surface area contributed by atoms with E-state index in [0.29, 0.717) is 5.92 Å². The fourth-order valence-corrected chi connectivity index (χ4v) is 4.22. The Labute approximate surface area is 162 Å². The van der Waals surface area contributed by atoms with Gasteiger partial charge in [-0.15, -0.1) is 5.10 Å². The molecule has 0 N–H and O–H groups in total. The van der Waals surface area contributed by atoms with Crippen LogP contribution in [0.25, 0.3) is 22.5 Å². The van der Waals surface area contributed by atoms with Crippen LogP contribution < -0.4 is 0 Å². The third-order valence-corrected chi connectivity index (χ3v) is 5.64. The van der Waals surface area contributed by atoms with Crippen LogP contribution in [-0.2, 0) is 12.0 Å². The zero-order valence-corrected chi connectivity index (χ0v) is 17.2. The molecule has 27 heavy (non-hydrogen) atoms. The summed E-state index contributed by atoms with van der Waals surface area (Å²) in [7, 11) is 0. The average Bonchev–Trinajstić information content (AvgIpc) is 3.02. The molecular weight excluding hydrogens is 330 g/mol. The molecule has 3 nitrogen and oxygen atoms in total. The Morgan fingerprint density at radius 1 is 0.852 bits per heavy atom. The van der Waals surface area contributed by atoms with Crippen LogP contribution in [0, 0.1) is 5.41 Å². The van der Waals surface area contributed by atoms with E-state index in [1.807, 2.05) is 0 Å². The first kappa shape index (κ1) is 18.0. The van der Waals surface area contributed by atoms with Gasteiger partial charge in [0.25, 0.3) is 0 Å². The third-order valence-electron chi connectivity index (χ3n) is 5.64. The van der Waals surface area contributed by atoms with Gasteiger partial charge in [0.1, 0.15) is 5.69 Å². The number of aromatic nitrogens is 3. The average molecular weight is 360 g/mol. The van der Waals surface area contributed by atoms with Gasteiger partial charge < -0.3 is 0 Å². The van der Waals surface area contributed by atoms with Crippen LogP contribution in [0.3, 0.4) is 0 Å². The third kappa shape index (κ3) is 2.99. The van der Waals surface area contributed by atoms with Crippen molar-refractivity contribution in [1.82, 2.24) is 15.0 Å². The number of nitrogens with zero attached hydrogens (tertiary/aromatic N) is 3. The molecule has 1 aliphatic rings. The van der Waals surface area contributed by atoms with Crippen molar-refractivity contribution >= 4 is 0 Å². The molecule has 0 aliphatic heterocycles. The van der Waals surface area contributed by atoms with E-state index in [1.54, 1.807) is 0 Å². The van der Waals surface area contributed by atoms with Crippen molar-refractivity contribution in [3.8, 4) is 22.5 Å². The lowest BCUT2D eigenvalue weighted by Crippen LogP contribution is -2.26. The number of fused-ring (bicyclic) bond motifs is 5. The van der Waals surface area contributed by atoms with Gasteiger partial charge in [-0.25, -0.2) is 4.68 Å². The number of hydrogen-bond donors (Lipinski definition) is 0. The lowest BCUT2D eigenvalue weighted by molar-refractivity contribution is 0.317. The molecule has 0 saturated carbocycles. The van der Waals surface area contributed by atoms with Crippen molar-refractivity contribution in [3.63, 3.8) is 0 Å². The van der Waals surface area contributed by atoms with Crippen molar-refractivity contribution in [2.75, 3.05) is 0 Å². The van der Waals surface area contributed by atoms with E-state index in [2.05, 4.69) is 105 Å². The van der Waals surface area contributed by atoms with Crippen molar-refractivity contribution in [2.45, 2.75) is 59.4 Å². The van der Waals surface area contributed by atoms with Crippen molar-refractivity contribution in [1.29, 1.82) is 0 Å². The largest absolute Gasteiger partial charge is 0.239 e. The molecule has 0 saturated heterocycles. The quantitative estimate of drug-likeness (QED) is 0.489. The molecule has 0 amide bonds. The minimum atomic E-state index is -0.140. The predicted octanol–water partition coefficient (Wildman–Crippen LogP) is 6.05. The summed E-state index contributed by atoms with van der Waals surface area (Å²) in [6.07, 6.45) is 1.01. The molecule has 0 spiro atoms. The Hall–Kier alpha value is -2.42. The van der Waals surface area contributed by atoms with Crippen molar-refractivity contribution < 1.29 is 0 Å². The van der Waals surface area contributed by atoms with Gasteiger partial charge in [-0.05, 0) is 49.7 Å². The summed E-state index contributed by atoms with van der Waals surface area (Å²) in [5.41, 5.74) is 7.39. The Kier molecular flexibility index (Phi) is 4.03. The highest BCUT2D eigenvalue weighted by Gasteiger charge is 2.34. The van der Waals surface area contributed by atoms with E-state index in [0.717, 1.165) is 17.8 Å². The number of benzene rings is 2. The Morgan fingerprint density at radius 2 is 1.48 bits per heavy atom. The maximum atomic E-state index is 4.67. The maximum Gasteiger partial charge on any atom is 0.121 e. The molecule has 1 aliphatic carbocycles. The standard InChI is InChI=1S/C24H29N3/c1-23(2,3)20-15-16-11-7-8-12-17(16)21-22(19-14-10-9-13-18(19)20)27(26-25-21)24(4,5)6/h7-14,20H,15H2,1-6H3. The molecule has 1 unspecified atom stereocenters. The van der Waals surface area contributed by atoms with Crippen molar-refractivity contribution in [2.24, 2.45) is 5.41 Å². The summed E-state index contributed by atoms with van der Waals surface area (Å²) in [6.45, 7) is 13.6. The Bertz CT molecular complexity index is 983. The van der Waals surface area contributed by atoms with E-state index in [4.69, 9.17) is 0 Å². The minimum Gasteiger partial charge on any atom is -0.239 e. The summed E-state index contributed by atoms with van der Waals surface area (Å²) in [5.74, 6) is 0.423. The molecule has 4 rings (SSSR count). The highest BCUT2D eigenvalue weighted by Crippen LogP contribution is 2.47. The second-order valence-electron chi connectivity index (χ2n) is 9.74. The van der Waals surface area contributed by atoms with E-state index in [9.17, 15) is 0 Å². The topological polar surface area (TPSA) is 30.7 Å². The molecule has 3 heteroatoms. The van der Waals surface area contributed by atoms with E-state index < -0.39 is 0 Å². The normalized spacial score (nSPS) is 16.7. The Balaban J connectivity index is 2.12. The highest BCUT2D eigenvalue weighted by molar-refractivity contribution is 5.83. The van der Waals surface area contributed by atoms with Crippen LogP contribution in [0.15, 0.2) is 48.5 Å². The first-order valence-corrected chi connectivity index (χ1v) is 9.81. The van der Waals surface area contributed by atoms with E-state index in [1.165, 1.54) is 22.3 Å². The van der Waals surface area contributed by atoms with Gasteiger partial charge in [0, 0.05) is 11.1 Å². The SMILES string of the molecule is CC(C)(C)C1Cc2ccccc2-c2nnn(C(C)(C)C)c2-c2ccccc21. The lowest BCUT2D eigenvalue weighted by atomic mass is 9.70. The first-order chi connectivity index (χ1) is 12.7. The zero-order chi connectivity index (χ0) is 19.4. The summed E-state index contributed by atoms with van der Waals surface area (Å²) in [6, 6.07) is 17.5. The van der Waals surface area contributed by atoms with Gasteiger partial charge in [0.05, 0.1) is 11.2 Å². The molecule has 1 atom stereocenters. The number of hydrogen-bond acceptors (Lipinski definition) is 2. The first-order valence-electron chi connectivity index (χ1n) is 9.81.